The number of nitrogens with one attached hydrogen (secondary N) is 1. The summed E-state index contributed by atoms with van der Waals surface area (Å²) in [6, 6.07) is 6.68. The van der Waals surface area contributed by atoms with Crippen molar-refractivity contribution in [3.8, 4) is 0 Å². The van der Waals surface area contributed by atoms with Crippen molar-refractivity contribution < 1.29 is 4.42 Å². The summed E-state index contributed by atoms with van der Waals surface area (Å²) in [5.74, 6) is 1.11. The van der Waals surface area contributed by atoms with Gasteiger partial charge in [-0.2, -0.15) is 0 Å². The molecule has 110 valence electrons. The smallest absolute Gasteiger partial charge is 0.134 e. The fraction of sp³-hybridized carbons (Fsp3) is 0.556. The number of benzene rings is 1. The first-order valence-corrected chi connectivity index (χ1v) is 8.04. The molecule has 0 spiro atoms. The maximum atomic E-state index is 6.03. The van der Waals surface area contributed by atoms with Gasteiger partial charge in [-0.3, -0.25) is 0 Å². The highest BCUT2D eigenvalue weighted by Gasteiger charge is 2.12. The van der Waals surface area contributed by atoms with Crippen LogP contribution in [0, 0.1) is 0 Å². The molecule has 0 atom stereocenters. The predicted octanol–water partition coefficient (Wildman–Crippen LogP) is 4.84. The Morgan fingerprint density at radius 3 is 2.65 bits per heavy atom. The lowest BCUT2D eigenvalue weighted by atomic mass is 10.0. The molecule has 1 aromatic heterocycles. The Hall–Kier alpha value is -1.28. The molecule has 20 heavy (non-hydrogen) atoms. The summed E-state index contributed by atoms with van der Waals surface area (Å²) >= 11 is 0. The average molecular weight is 273 g/mol. The van der Waals surface area contributed by atoms with Gasteiger partial charge in [0.05, 0.1) is 6.54 Å². The SMILES string of the molecule is CCCCc1ccc2oc(CNCCC)c(CC)c2c1. The standard InChI is InChI=1S/C18H27NO/c1-4-7-8-14-9-10-17-16(12-14)15(6-3)18(20-17)13-19-11-5-2/h9-10,12,19H,4-8,11,13H2,1-3H3. The van der Waals surface area contributed by atoms with E-state index in [1.165, 1.54) is 35.8 Å². The molecule has 2 aromatic rings. The topological polar surface area (TPSA) is 25.2 Å². The van der Waals surface area contributed by atoms with Crippen LogP contribution >= 0.6 is 0 Å². The zero-order chi connectivity index (χ0) is 14.4. The first-order valence-electron chi connectivity index (χ1n) is 8.04. The highest BCUT2D eigenvalue weighted by molar-refractivity contribution is 5.83. The molecule has 0 fully saturated rings. The summed E-state index contributed by atoms with van der Waals surface area (Å²) in [5, 5.41) is 4.76. The zero-order valence-electron chi connectivity index (χ0n) is 13.1. The third kappa shape index (κ3) is 3.43. The normalized spacial score (nSPS) is 11.3. The van der Waals surface area contributed by atoms with Gasteiger partial charge in [0.15, 0.2) is 0 Å². The second-order valence-corrected chi connectivity index (χ2v) is 5.47. The Morgan fingerprint density at radius 2 is 1.95 bits per heavy atom. The van der Waals surface area contributed by atoms with Crippen LogP contribution in [0.2, 0.25) is 0 Å². The van der Waals surface area contributed by atoms with E-state index >= 15 is 0 Å². The highest BCUT2D eigenvalue weighted by atomic mass is 16.3. The van der Waals surface area contributed by atoms with Gasteiger partial charge in [0.25, 0.3) is 0 Å². The third-order valence-corrected chi connectivity index (χ3v) is 3.82. The molecule has 2 rings (SSSR count). The van der Waals surface area contributed by atoms with Crippen molar-refractivity contribution in [3.63, 3.8) is 0 Å². The molecule has 0 aliphatic heterocycles. The molecule has 0 amide bonds. The molecule has 0 aliphatic carbocycles. The lowest BCUT2D eigenvalue weighted by Gasteiger charge is -2.02. The van der Waals surface area contributed by atoms with Gasteiger partial charge in [0.2, 0.25) is 0 Å². The molecule has 2 nitrogen and oxygen atoms in total. The van der Waals surface area contributed by atoms with Gasteiger partial charge >= 0.3 is 0 Å². The van der Waals surface area contributed by atoms with Crippen LogP contribution in [0.15, 0.2) is 22.6 Å². The molecule has 2 heteroatoms. The second kappa shape index (κ2) is 7.49. The predicted molar refractivity (Wildman–Crippen MR) is 86.2 cm³/mol. The van der Waals surface area contributed by atoms with Crippen LogP contribution in [0.5, 0.6) is 0 Å². The van der Waals surface area contributed by atoms with Crippen LogP contribution in [0.3, 0.4) is 0 Å². The van der Waals surface area contributed by atoms with Crippen molar-refractivity contribution in [1.29, 1.82) is 0 Å². The first kappa shape index (κ1) is 15.1. The molecular weight excluding hydrogens is 246 g/mol. The van der Waals surface area contributed by atoms with Crippen LogP contribution < -0.4 is 5.32 Å². The number of fused-ring (bicyclic) bond motifs is 1. The average Bonchev–Trinajstić information content (AvgIpc) is 2.82. The minimum absolute atomic E-state index is 0.843. The summed E-state index contributed by atoms with van der Waals surface area (Å²) in [6.45, 7) is 8.53. The number of unbranched alkanes of at least 4 members (excludes halogenated alkanes) is 1. The zero-order valence-corrected chi connectivity index (χ0v) is 13.1. The number of hydrogen-bond acceptors (Lipinski definition) is 2. The fourth-order valence-electron chi connectivity index (χ4n) is 2.69. The number of rotatable bonds is 8. The largest absolute Gasteiger partial charge is 0.459 e. The molecule has 0 unspecified atom stereocenters. The first-order chi connectivity index (χ1) is 9.80. The Labute approximate surface area is 122 Å². The van der Waals surface area contributed by atoms with Crippen LogP contribution in [0.4, 0.5) is 0 Å². The summed E-state index contributed by atoms with van der Waals surface area (Å²) in [7, 11) is 0. The molecule has 1 heterocycles. The van der Waals surface area contributed by atoms with E-state index in [2.05, 4.69) is 44.3 Å². The molecule has 1 N–H and O–H groups in total. The maximum absolute atomic E-state index is 6.03. The van der Waals surface area contributed by atoms with E-state index in [4.69, 9.17) is 4.42 Å². The van der Waals surface area contributed by atoms with Crippen LogP contribution in [-0.4, -0.2) is 6.54 Å². The van der Waals surface area contributed by atoms with E-state index in [0.717, 1.165) is 37.3 Å². The lowest BCUT2D eigenvalue weighted by molar-refractivity contribution is 0.508. The Bertz CT molecular complexity index is 542. The molecular formula is C18H27NO. The summed E-state index contributed by atoms with van der Waals surface area (Å²) in [6.07, 6.45) is 5.87. The maximum Gasteiger partial charge on any atom is 0.134 e. The Balaban J connectivity index is 2.26. The third-order valence-electron chi connectivity index (χ3n) is 3.82. The summed E-state index contributed by atoms with van der Waals surface area (Å²) in [5.41, 5.74) is 3.85. The van der Waals surface area contributed by atoms with Crippen molar-refractivity contribution in [2.45, 2.75) is 59.4 Å². The van der Waals surface area contributed by atoms with Gasteiger partial charge < -0.3 is 9.73 Å². The van der Waals surface area contributed by atoms with E-state index in [0.29, 0.717) is 0 Å². The van der Waals surface area contributed by atoms with E-state index in [9.17, 15) is 0 Å². The highest BCUT2D eigenvalue weighted by Crippen LogP contribution is 2.28. The summed E-state index contributed by atoms with van der Waals surface area (Å²) in [4.78, 5) is 0. The van der Waals surface area contributed by atoms with Crippen LogP contribution in [0.1, 0.15) is 56.9 Å². The van der Waals surface area contributed by atoms with Gasteiger partial charge in [-0.15, -0.1) is 0 Å². The van der Waals surface area contributed by atoms with Crippen molar-refractivity contribution in [3.05, 3.63) is 35.1 Å². The van der Waals surface area contributed by atoms with Crippen molar-refractivity contribution in [1.82, 2.24) is 5.32 Å². The van der Waals surface area contributed by atoms with Gasteiger partial charge in [-0.05, 0) is 49.9 Å². The van der Waals surface area contributed by atoms with E-state index in [-0.39, 0.29) is 0 Å². The molecule has 0 saturated carbocycles. The summed E-state index contributed by atoms with van der Waals surface area (Å²) < 4.78 is 6.03. The number of hydrogen-bond donors (Lipinski definition) is 1. The van der Waals surface area contributed by atoms with Gasteiger partial charge in [0.1, 0.15) is 11.3 Å². The monoisotopic (exact) mass is 273 g/mol. The van der Waals surface area contributed by atoms with E-state index in [1.54, 1.807) is 0 Å². The van der Waals surface area contributed by atoms with Gasteiger partial charge in [0, 0.05) is 10.9 Å². The lowest BCUT2D eigenvalue weighted by Crippen LogP contribution is -2.14. The molecule has 1 aromatic carbocycles. The Kier molecular flexibility index (Phi) is 5.66. The fourth-order valence-corrected chi connectivity index (χ4v) is 2.69. The number of aryl methyl sites for hydroxylation is 2. The van der Waals surface area contributed by atoms with E-state index in [1.807, 2.05) is 0 Å². The van der Waals surface area contributed by atoms with Crippen molar-refractivity contribution >= 4 is 11.0 Å². The Morgan fingerprint density at radius 1 is 1.10 bits per heavy atom. The van der Waals surface area contributed by atoms with Gasteiger partial charge in [-0.25, -0.2) is 0 Å². The molecule has 0 bridgehead atoms. The van der Waals surface area contributed by atoms with Gasteiger partial charge in [-0.1, -0.05) is 33.3 Å². The number of furan rings is 1. The van der Waals surface area contributed by atoms with Crippen LogP contribution in [0.25, 0.3) is 11.0 Å². The minimum atomic E-state index is 0.843. The second-order valence-electron chi connectivity index (χ2n) is 5.47. The minimum Gasteiger partial charge on any atom is -0.459 e. The molecule has 0 aliphatic rings. The quantitative estimate of drug-likeness (QED) is 0.696. The van der Waals surface area contributed by atoms with Crippen molar-refractivity contribution in [2.75, 3.05) is 6.54 Å². The molecule has 0 radical (unpaired) electrons. The van der Waals surface area contributed by atoms with Crippen LogP contribution in [-0.2, 0) is 19.4 Å². The molecule has 0 saturated heterocycles. The van der Waals surface area contributed by atoms with Crippen molar-refractivity contribution in [2.24, 2.45) is 0 Å². The van der Waals surface area contributed by atoms with E-state index < -0.39 is 0 Å².